The van der Waals surface area contributed by atoms with E-state index < -0.39 is 72.7 Å². The zero-order chi connectivity index (χ0) is 32.9. The van der Waals surface area contributed by atoms with E-state index in [1.807, 2.05) is 36.4 Å². The van der Waals surface area contributed by atoms with Crippen molar-refractivity contribution < 1.29 is 49.7 Å². The summed E-state index contributed by atoms with van der Waals surface area (Å²) in [5.74, 6) is -2.10. The first kappa shape index (κ1) is 35.7. The second-order valence-electron chi connectivity index (χ2n) is 12.3. The van der Waals surface area contributed by atoms with Crippen molar-refractivity contribution in [3.8, 4) is 0 Å². The summed E-state index contributed by atoms with van der Waals surface area (Å²) >= 11 is 8.17. The molecule has 45 heavy (non-hydrogen) atoms. The van der Waals surface area contributed by atoms with Gasteiger partial charge in [0.05, 0.1) is 29.3 Å². The maximum Gasteiger partial charge on any atom is 0.303 e. The zero-order valence-corrected chi connectivity index (χ0v) is 26.9. The summed E-state index contributed by atoms with van der Waals surface area (Å²) in [5.41, 5.74) is -1.06. The number of allylic oxidation sites excluding steroid dienone is 2. The second kappa shape index (κ2) is 15.6. The van der Waals surface area contributed by atoms with Crippen molar-refractivity contribution in [3.05, 3.63) is 58.5 Å². The van der Waals surface area contributed by atoms with Crippen LogP contribution in [0.1, 0.15) is 50.8 Å². The van der Waals surface area contributed by atoms with Gasteiger partial charge in [-0.3, -0.25) is 9.59 Å². The van der Waals surface area contributed by atoms with Crippen LogP contribution in [-0.2, 0) is 25.5 Å². The number of hydrogen-bond donors (Lipinski definition) is 6. The number of aliphatic carboxylic acids is 1. The minimum Gasteiger partial charge on any atom is -0.481 e. The number of aliphatic hydroxyl groups excluding tert-OH is 5. The average Bonchev–Trinajstić information content (AvgIpc) is 3.42. The predicted octanol–water partition coefficient (Wildman–Crippen LogP) is 3.63. The number of carboxylic acid groups (broad SMARTS) is 1. The number of rotatable bonds is 14. The maximum atomic E-state index is 13.8. The van der Waals surface area contributed by atoms with E-state index in [4.69, 9.17) is 26.2 Å². The summed E-state index contributed by atoms with van der Waals surface area (Å²) in [4.78, 5) is 25.6. The Balaban J connectivity index is 1.53. The number of Topliss-reactive ketones (excluding diaryl/α,β-unsaturated/α-hetero) is 1. The fourth-order valence-corrected chi connectivity index (χ4v) is 7.70. The van der Waals surface area contributed by atoms with Crippen LogP contribution in [0.25, 0.3) is 10.1 Å². The van der Waals surface area contributed by atoms with E-state index in [9.17, 15) is 35.1 Å². The van der Waals surface area contributed by atoms with E-state index in [-0.39, 0.29) is 12.2 Å². The van der Waals surface area contributed by atoms with Gasteiger partial charge in [-0.2, -0.15) is 0 Å². The van der Waals surface area contributed by atoms with E-state index in [0.717, 1.165) is 15.0 Å². The number of halogens is 1. The molecule has 2 fully saturated rings. The molecule has 1 aliphatic carbocycles. The van der Waals surface area contributed by atoms with Gasteiger partial charge < -0.3 is 40.1 Å². The molecule has 2 unspecified atom stereocenters. The quantitative estimate of drug-likeness (QED) is 0.129. The fraction of sp³-hybridized carbons (Fsp3) is 0.576. The molecule has 248 valence electrons. The summed E-state index contributed by atoms with van der Waals surface area (Å²) in [6.45, 7) is 2.83. The lowest BCUT2D eigenvalue weighted by Gasteiger charge is -2.42. The summed E-state index contributed by atoms with van der Waals surface area (Å²) in [7, 11) is 0. The van der Waals surface area contributed by atoms with Crippen molar-refractivity contribution in [1.29, 1.82) is 0 Å². The third-order valence-electron chi connectivity index (χ3n) is 8.77. The van der Waals surface area contributed by atoms with Crippen molar-refractivity contribution in [2.75, 3.05) is 6.61 Å². The molecule has 10 nitrogen and oxygen atoms in total. The summed E-state index contributed by atoms with van der Waals surface area (Å²) in [5, 5.41) is 62.3. The summed E-state index contributed by atoms with van der Waals surface area (Å²) in [6.07, 6.45) is 0.275. The van der Waals surface area contributed by atoms with Crippen LogP contribution in [0.15, 0.2) is 48.6 Å². The van der Waals surface area contributed by atoms with Crippen LogP contribution in [0.2, 0.25) is 5.02 Å². The maximum absolute atomic E-state index is 13.8. The van der Waals surface area contributed by atoms with Crippen molar-refractivity contribution >= 4 is 44.8 Å². The molecular weight excluding hydrogens is 624 g/mol. The Kier molecular flexibility index (Phi) is 12.4. The standard InChI is InChI=1S/C33H43ClO10S/c1-33(2)30(42)19(9-5-3-4-6-12-25(37)38)20(31(33)44-32-29(41)28(40)27(39)22(17-35)43-32)15-13-18(36)14-16-24-26(34)21-10-7-8-11-23(21)45-24/h3,5,7-8,10-11,13,15,18-20,22,27-29,31-32,35-36,39-41H,4,6,9,12,14,16-17H2,1-2H3,(H,37,38)/t18?,19-,20-,22-,27-,28+,29-,31+,32?/m1/s1. The number of carbonyl (C=O) groups is 2. The summed E-state index contributed by atoms with van der Waals surface area (Å²) < 4.78 is 12.9. The molecule has 1 aliphatic heterocycles. The van der Waals surface area contributed by atoms with E-state index in [1.54, 1.807) is 37.3 Å². The molecule has 4 rings (SSSR count). The molecule has 0 amide bonds. The number of aryl methyl sites for hydroxylation is 1. The number of carboxylic acids is 1. The normalized spacial score (nSPS) is 31.0. The van der Waals surface area contributed by atoms with Crippen molar-refractivity contribution in [3.63, 3.8) is 0 Å². The van der Waals surface area contributed by atoms with Crippen molar-refractivity contribution in [2.24, 2.45) is 17.3 Å². The monoisotopic (exact) mass is 666 g/mol. The highest BCUT2D eigenvalue weighted by atomic mass is 35.5. The third-order valence-corrected chi connectivity index (χ3v) is 10.5. The molecule has 1 aromatic heterocycles. The Labute approximate surface area is 271 Å². The number of unbranched alkanes of at least 4 members (excludes halogenated alkanes) is 1. The second-order valence-corrected chi connectivity index (χ2v) is 13.9. The minimum atomic E-state index is -1.64. The first-order valence-electron chi connectivity index (χ1n) is 15.3. The van der Waals surface area contributed by atoms with Gasteiger partial charge >= 0.3 is 5.97 Å². The van der Waals surface area contributed by atoms with Gasteiger partial charge in [-0.1, -0.05) is 68.0 Å². The van der Waals surface area contributed by atoms with Gasteiger partial charge in [-0.05, 0) is 38.2 Å². The first-order chi connectivity index (χ1) is 21.4. The highest BCUT2D eigenvalue weighted by Gasteiger charge is 2.56. The topological polar surface area (TPSA) is 174 Å². The molecule has 0 spiro atoms. The van der Waals surface area contributed by atoms with Crippen molar-refractivity contribution in [1.82, 2.24) is 0 Å². The van der Waals surface area contributed by atoms with Crippen LogP contribution < -0.4 is 0 Å². The number of benzene rings is 1. The van der Waals surface area contributed by atoms with Crippen LogP contribution in [0.4, 0.5) is 0 Å². The van der Waals surface area contributed by atoms with Crippen LogP contribution in [0, 0.1) is 17.3 Å². The largest absolute Gasteiger partial charge is 0.481 e. The van der Waals surface area contributed by atoms with Crippen LogP contribution >= 0.6 is 22.9 Å². The molecule has 0 bridgehead atoms. The van der Waals surface area contributed by atoms with E-state index >= 15 is 0 Å². The lowest BCUT2D eigenvalue weighted by Crippen LogP contribution is -2.60. The molecule has 0 radical (unpaired) electrons. The number of thiophene rings is 1. The van der Waals surface area contributed by atoms with Gasteiger partial charge in [-0.25, -0.2) is 0 Å². The van der Waals surface area contributed by atoms with E-state index in [0.29, 0.717) is 37.1 Å². The number of aliphatic hydroxyl groups is 5. The Morgan fingerprint density at radius 1 is 1.16 bits per heavy atom. The highest BCUT2D eigenvalue weighted by Crippen LogP contribution is 2.48. The van der Waals surface area contributed by atoms with Gasteiger partial charge in [-0.15, -0.1) is 11.3 Å². The molecule has 1 aromatic carbocycles. The van der Waals surface area contributed by atoms with Crippen LogP contribution in [-0.4, -0.2) is 91.9 Å². The molecule has 2 aromatic rings. The molecule has 9 atom stereocenters. The Hall–Kier alpha value is -2.19. The molecule has 12 heteroatoms. The molecule has 1 saturated heterocycles. The van der Waals surface area contributed by atoms with E-state index in [2.05, 4.69) is 0 Å². The molecule has 2 heterocycles. The van der Waals surface area contributed by atoms with Crippen LogP contribution in [0.5, 0.6) is 0 Å². The third kappa shape index (κ3) is 8.22. The molecule has 1 saturated carbocycles. The SMILES string of the molecule is CC1(C)C(=O)[C@H](CC=CCCCC(=O)O)[C@@H](C=CC(O)CCc2sc3ccccc3c2Cl)[C@@H]1OC1O[C@H](CO)[C@@H](O)[C@H](O)[C@H]1O. The summed E-state index contributed by atoms with van der Waals surface area (Å²) in [6, 6.07) is 7.84. The van der Waals surface area contributed by atoms with Gasteiger partial charge in [0.1, 0.15) is 30.2 Å². The molecule has 6 N–H and O–H groups in total. The number of fused-ring (bicyclic) bond motifs is 1. The number of ketones is 1. The van der Waals surface area contributed by atoms with Crippen molar-refractivity contribution in [2.45, 2.75) is 95.3 Å². The molecular formula is C33H43ClO10S. The van der Waals surface area contributed by atoms with Crippen LogP contribution in [0.3, 0.4) is 0 Å². The average molecular weight is 667 g/mol. The van der Waals surface area contributed by atoms with Gasteiger partial charge in [0.2, 0.25) is 0 Å². The lowest BCUT2D eigenvalue weighted by atomic mass is 9.86. The van der Waals surface area contributed by atoms with E-state index in [1.165, 1.54) is 0 Å². The van der Waals surface area contributed by atoms with Gasteiger partial charge in [0.25, 0.3) is 0 Å². The molecule has 2 aliphatic rings. The number of carbonyl (C=O) groups excluding carboxylic acids is 1. The first-order valence-corrected chi connectivity index (χ1v) is 16.5. The smallest absolute Gasteiger partial charge is 0.303 e. The number of hydrogen-bond acceptors (Lipinski definition) is 10. The zero-order valence-electron chi connectivity index (χ0n) is 25.4. The highest BCUT2D eigenvalue weighted by molar-refractivity contribution is 7.19. The van der Waals surface area contributed by atoms with Gasteiger partial charge in [0, 0.05) is 33.2 Å². The minimum absolute atomic E-state index is 0.0463. The number of ether oxygens (including phenoxy) is 2. The Morgan fingerprint density at radius 3 is 2.58 bits per heavy atom. The Bertz CT molecular complexity index is 1370. The lowest BCUT2D eigenvalue weighted by molar-refractivity contribution is -0.318. The predicted molar refractivity (Wildman–Crippen MR) is 170 cm³/mol. The van der Waals surface area contributed by atoms with Gasteiger partial charge in [0.15, 0.2) is 6.29 Å². The Morgan fingerprint density at radius 2 is 1.89 bits per heavy atom. The fourth-order valence-electron chi connectivity index (χ4n) is 6.16.